The maximum atomic E-state index is 12.7. The minimum Gasteiger partial charge on any atom is -0.493 e. The number of benzene rings is 1. The number of carbonyl (C=O) groups is 1. The molecule has 0 spiro atoms. The SMILES string of the molecule is CCO/C(=C/Nc1nccnc1C)C(=N)C(=O)Nc1ccc(Oc2ccnc3cc(OC)c(OC)cc23)cn1. The normalized spacial score (nSPS) is 11.0. The second-order valence-electron chi connectivity index (χ2n) is 7.92. The Morgan fingerprint density at radius 2 is 1.74 bits per heavy atom. The molecule has 39 heavy (non-hydrogen) atoms. The number of nitrogens with one attached hydrogen (secondary N) is 3. The zero-order valence-corrected chi connectivity index (χ0v) is 21.8. The largest absolute Gasteiger partial charge is 0.493 e. The predicted molar refractivity (Wildman–Crippen MR) is 146 cm³/mol. The summed E-state index contributed by atoms with van der Waals surface area (Å²) < 4.78 is 22.2. The predicted octanol–water partition coefficient (Wildman–Crippen LogP) is 4.49. The summed E-state index contributed by atoms with van der Waals surface area (Å²) in [4.78, 5) is 29.7. The number of ether oxygens (including phenoxy) is 4. The minimum atomic E-state index is -0.699. The number of rotatable bonds is 11. The van der Waals surface area contributed by atoms with Crippen LogP contribution in [0.4, 0.5) is 11.6 Å². The Labute approximate surface area is 224 Å². The van der Waals surface area contributed by atoms with E-state index in [0.717, 1.165) is 5.39 Å². The third kappa shape index (κ3) is 6.36. The number of aromatic nitrogens is 4. The maximum absolute atomic E-state index is 12.7. The number of pyridine rings is 2. The van der Waals surface area contributed by atoms with E-state index >= 15 is 0 Å². The summed E-state index contributed by atoms with van der Waals surface area (Å²) >= 11 is 0. The molecule has 0 aliphatic rings. The van der Waals surface area contributed by atoms with Crippen molar-refractivity contribution in [2.24, 2.45) is 0 Å². The highest BCUT2D eigenvalue weighted by Crippen LogP contribution is 2.36. The fourth-order valence-corrected chi connectivity index (χ4v) is 3.49. The first-order chi connectivity index (χ1) is 18.9. The van der Waals surface area contributed by atoms with Gasteiger partial charge in [-0.2, -0.15) is 0 Å². The summed E-state index contributed by atoms with van der Waals surface area (Å²) in [5.74, 6) is 2.14. The van der Waals surface area contributed by atoms with Crippen LogP contribution in [0.1, 0.15) is 12.6 Å². The van der Waals surface area contributed by atoms with Gasteiger partial charge in [0.15, 0.2) is 28.8 Å². The van der Waals surface area contributed by atoms with Crippen molar-refractivity contribution in [3.63, 3.8) is 0 Å². The van der Waals surface area contributed by atoms with Crippen molar-refractivity contribution >= 4 is 34.2 Å². The van der Waals surface area contributed by atoms with E-state index in [1.54, 1.807) is 70.8 Å². The molecule has 0 atom stereocenters. The van der Waals surface area contributed by atoms with E-state index in [1.807, 2.05) is 0 Å². The molecule has 0 aliphatic carbocycles. The maximum Gasteiger partial charge on any atom is 0.278 e. The molecular weight excluding hydrogens is 502 g/mol. The van der Waals surface area contributed by atoms with Crippen LogP contribution in [0, 0.1) is 12.3 Å². The lowest BCUT2D eigenvalue weighted by Crippen LogP contribution is -2.26. The number of methoxy groups -OCH3 is 2. The molecule has 0 bridgehead atoms. The second kappa shape index (κ2) is 12.3. The zero-order valence-electron chi connectivity index (χ0n) is 21.8. The number of aryl methyl sites for hydroxylation is 1. The first-order valence-electron chi connectivity index (χ1n) is 11.9. The van der Waals surface area contributed by atoms with Crippen molar-refractivity contribution in [3.05, 3.63) is 72.8 Å². The molecule has 1 amide bonds. The number of carbonyl (C=O) groups excluding carboxylic acids is 1. The number of fused-ring (bicyclic) bond motifs is 1. The van der Waals surface area contributed by atoms with Crippen molar-refractivity contribution in [2.75, 3.05) is 31.5 Å². The van der Waals surface area contributed by atoms with Crippen LogP contribution >= 0.6 is 0 Å². The molecule has 12 heteroatoms. The van der Waals surface area contributed by atoms with E-state index in [2.05, 4.69) is 30.6 Å². The van der Waals surface area contributed by atoms with Gasteiger partial charge in [0, 0.05) is 36.2 Å². The summed E-state index contributed by atoms with van der Waals surface area (Å²) in [6.45, 7) is 3.80. The van der Waals surface area contributed by atoms with Crippen LogP contribution in [0.25, 0.3) is 10.9 Å². The molecule has 12 nitrogen and oxygen atoms in total. The summed E-state index contributed by atoms with van der Waals surface area (Å²) in [7, 11) is 3.11. The van der Waals surface area contributed by atoms with Crippen molar-refractivity contribution in [1.29, 1.82) is 5.41 Å². The molecule has 3 aromatic heterocycles. The van der Waals surface area contributed by atoms with Crippen LogP contribution in [0.2, 0.25) is 0 Å². The average molecular weight is 530 g/mol. The van der Waals surface area contributed by atoms with Gasteiger partial charge >= 0.3 is 0 Å². The lowest BCUT2D eigenvalue weighted by Gasteiger charge is -2.13. The fraction of sp³-hybridized carbons (Fsp3) is 0.185. The quantitative estimate of drug-likeness (QED) is 0.187. The Kier molecular flexibility index (Phi) is 8.46. The molecule has 4 aromatic rings. The van der Waals surface area contributed by atoms with E-state index in [4.69, 9.17) is 24.4 Å². The number of hydrogen-bond acceptors (Lipinski definition) is 11. The van der Waals surface area contributed by atoms with Gasteiger partial charge in [-0.05, 0) is 38.1 Å². The molecule has 0 fully saturated rings. The standard InChI is InChI=1S/C27H27N7O5/c1-5-38-23(15-33-26-16(2)29-10-11-31-26)25(28)27(35)34-24-7-6-17(14-32-24)39-20-8-9-30-19-13-22(37-4)21(36-3)12-18(19)20/h6-15,28H,5H2,1-4H3,(H,31,33)(H,32,34,35)/b23-15+,28-25?. The van der Waals surface area contributed by atoms with Crippen LogP contribution in [-0.2, 0) is 9.53 Å². The van der Waals surface area contributed by atoms with Crippen molar-refractivity contribution < 1.29 is 23.7 Å². The van der Waals surface area contributed by atoms with Gasteiger partial charge in [0.25, 0.3) is 5.91 Å². The molecule has 3 heterocycles. The number of anilines is 2. The van der Waals surface area contributed by atoms with Gasteiger partial charge < -0.3 is 29.6 Å². The Balaban J connectivity index is 1.45. The molecule has 0 saturated heterocycles. The molecule has 0 saturated carbocycles. The van der Waals surface area contributed by atoms with Crippen molar-refractivity contribution in [2.45, 2.75) is 13.8 Å². The van der Waals surface area contributed by atoms with Crippen LogP contribution < -0.4 is 24.8 Å². The van der Waals surface area contributed by atoms with Gasteiger partial charge in [-0.15, -0.1) is 0 Å². The van der Waals surface area contributed by atoms with Gasteiger partial charge in [0.05, 0.1) is 38.2 Å². The molecule has 200 valence electrons. The summed E-state index contributed by atoms with van der Waals surface area (Å²) in [6.07, 6.45) is 7.59. The highest BCUT2D eigenvalue weighted by atomic mass is 16.5. The molecular formula is C27H27N7O5. The molecule has 0 aliphatic heterocycles. The minimum absolute atomic E-state index is 0.0385. The highest BCUT2D eigenvalue weighted by molar-refractivity contribution is 6.47. The van der Waals surface area contributed by atoms with E-state index in [9.17, 15) is 4.79 Å². The molecule has 0 unspecified atom stereocenters. The van der Waals surface area contributed by atoms with Gasteiger partial charge in [-0.1, -0.05) is 0 Å². The third-order valence-electron chi connectivity index (χ3n) is 5.41. The summed E-state index contributed by atoms with van der Waals surface area (Å²) in [5.41, 5.74) is 0.939. The van der Waals surface area contributed by atoms with Crippen LogP contribution in [0.15, 0.2) is 67.1 Å². The molecule has 1 aromatic carbocycles. The van der Waals surface area contributed by atoms with Gasteiger partial charge in [-0.25, -0.2) is 9.97 Å². The molecule has 0 radical (unpaired) electrons. The monoisotopic (exact) mass is 529 g/mol. The third-order valence-corrected chi connectivity index (χ3v) is 5.41. The lowest BCUT2D eigenvalue weighted by molar-refractivity contribution is -0.110. The van der Waals surface area contributed by atoms with Crippen LogP contribution in [0.5, 0.6) is 23.0 Å². The number of amides is 1. The number of hydrogen-bond donors (Lipinski definition) is 3. The van der Waals surface area contributed by atoms with E-state index < -0.39 is 5.91 Å². The van der Waals surface area contributed by atoms with E-state index in [1.165, 1.54) is 18.6 Å². The second-order valence-corrected chi connectivity index (χ2v) is 7.92. The van der Waals surface area contributed by atoms with Gasteiger partial charge in [0.2, 0.25) is 0 Å². The zero-order chi connectivity index (χ0) is 27.8. The fourth-order valence-electron chi connectivity index (χ4n) is 3.49. The Bertz CT molecular complexity index is 1520. The van der Waals surface area contributed by atoms with Crippen LogP contribution in [0.3, 0.4) is 0 Å². The average Bonchev–Trinajstić information content (AvgIpc) is 2.96. The summed E-state index contributed by atoms with van der Waals surface area (Å²) in [5, 5.41) is 14.5. The van der Waals surface area contributed by atoms with E-state index in [0.29, 0.717) is 40.0 Å². The van der Waals surface area contributed by atoms with Crippen molar-refractivity contribution in [1.82, 2.24) is 19.9 Å². The van der Waals surface area contributed by atoms with Crippen LogP contribution in [-0.4, -0.2) is 52.4 Å². The first kappa shape index (κ1) is 26.8. The van der Waals surface area contributed by atoms with Gasteiger partial charge in [-0.3, -0.25) is 20.2 Å². The Hall–Kier alpha value is -5.26. The Morgan fingerprint density at radius 1 is 0.974 bits per heavy atom. The topological polar surface area (TPSA) is 153 Å². The first-order valence-corrected chi connectivity index (χ1v) is 11.9. The number of nitrogens with zero attached hydrogens (tertiary/aromatic N) is 4. The lowest BCUT2D eigenvalue weighted by atomic mass is 10.2. The smallest absolute Gasteiger partial charge is 0.278 e. The van der Waals surface area contributed by atoms with Crippen molar-refractivity contribution in [3.8, 4) is 23.0 Å². The Morgan fingerprint density at radius 3 is 2.44 bits per heavy atom. The molecule has 3 N–H and O–H groups in total. The highest BCUT2D eigenvalue weighted by Gasteiger charge is 2.18. The molecule has 4 rings (SSSR count). The van der Waals surface area contributed by atoms with Gasteiger partial charge in [0.1, 0.15) is 17.3 Å². The van der Waals surface area contributed by atoms with E-state index in [-0.39, 0.29) is 23.9 Å². The summed E-state index contributed by atoms with van der Waals surface area (Å²) in [6, 6.07) is 8.50.